The van der Waals surface area contributed by atoms with E-state index in [2.05, 4.69) is 4.98 Å². The lowest BCUT2D eigenvalue weighted by Gasteiger charge is -2.20. The second-order valence-electron chi connectivity index (χ2n) is 6.11. The minimum absolute atomic E-state index is 0.293. The van der Waals surface area contributed by atoms with Crippen LogP contribution in [0.15, 0.2) is 24.3 Å². The summed E-state index contributed by atoms with van der Waals surface area (Å²) in [5, 5.41) is 0.742. The summed E-state index contributed by atoms with van der Waals surface area (Å²) in [6.45, 7) is 5.58. The highest BCUT2D eigenvalue weighted by Gasteiger charge is 2.18. The molecular weight excluding hydrogens is 369 g/mol. The average molecular weight is 393 g/mol. The van der Waals surface area contributed by atoms with Gasteiger partial charge < -0.3 is 14.5 Å². The first-order chi connectivity index (χ1) is 12.9. The van der Waals surface area contributed by atoms with Crippen LogP contribution < -0.4 is 4.90 Å². The molecule has 0 aliphatic heterocycles. The van der Waals surface area contributed by atoms with Crippen molar-refractivity contribution in [2.75, 3.05) is 31.6 Å². The number of benzene rings is 1. The monoisotopic (exact) mass is 393 g/mol. The lowest BCUT2D eigenvalue weighted by atomic mass is 10.2. The second kappa shape index (κ2) is 10.0. The molecule has 0 aliphatic rings. The number of aryl methyl sites for hydroxylation is 1. The van der Waals surface area contributed by atoms with Gasteiger partial charge >= 0.3 is 5.97 Å². The van der Waals surface area contributed by atoms with Crippen LogP contribution in [0, 0.1) is 12.7 Å². The van der Waals surface area contributed by atoms with Gasteiger partial charge in [-0.2, -0.15) is 0 Å². The molecule has 0 fully saturated rings. The summed E-state index contributed by atoms with van der Waals surface area (Å²) in [6, 6.07) is 6.12. The molecule has 1 amide bonds. The number of aromatic nitrogens is 1. The predicted octanol–water partition coefficient (Wildman–Crippen LogP) is 3.25. The van der Waals surface area contributed by atoms with E-state index in [1.807, 2.05) is 11.9 Å². The van der Waals surface area contributed by atoms with Crippen molar-refractivity contribution in [2.24, 2.45) is 0 Å². The van der Waals surface area contributed by atoms with E-state index in [1.54, 1.807) is 30.9 Å². The van der Waals surface area contributed by atoms with Crippen LogP contribution >= 0.6 is 11.3 Å². The van der Waals surface area contributed by atoms with Crippen molar-refractivity contribution in [1.82, 2.24) is 9.88 Å². The molecule has 6 nitrogen and oxygen atoms in total. The van der Waals surface area contributed by atoms with Crippen molar-refractivity contribution in [3.05, 3.63) is 46.2 Å². The van der Waals surface area contributed by atoms with E-state index in [1.165, 1.54) is 23.5 Å². The van der Waals surface area contributed by atoms with Crippen LogP contribution in [-0.2, 0) is 16.1 Å². The first kappa shape index (κ1) is 20.8. The van der Waals surface area contributed by atoms with Crippen LogP contribution in [0.25, 0.3) is 0 Å². The van der Waals surface area contributed by atoms with Crippen LogP contribution in [0.4, 0.5) is 9.52 Å². The van der Waals surface area contributed by atoms with Crippen LogP contribution in [0.3, 0.4) is 0 Å². The number of hydrogen-bond acceptors (Lipinski definition) is 6. The van der Waals surface area contributed by atoms with Crippen molar-refractivity contribution >= 4 is 28.8 Å². The van der Waals surface area contributed by atoms with Crippen LogP contribution in [0.2, 0.25) is 0 Å². The maximum absolute atomic E-state index is 13.0. The summed E-state index contributed by atoms with van der Waals surface area (Å²) in [7, 11) is 1.90. The molecule has 0 saturated heterocycles. The van der Waals surface area contributed by atoms with Crippen molar-refractivity contribution in [2.45, 2.75) is 26.8 Å². The van der Waals surface area contributed by atoms with E-state index in [4.69, 9.17) is 4.74 Å². The number of rotatable bonds is 10. The van der Waals surface area contributed by atoms with Gasteiger partial charge in [0.05, 0.1) is 12.3 Å². The minimum Gasteiger partial charge on any atom is -0.462 e. The molecule has 0 N–H and O–H groups in total. The number of carbonyl (C=O) groups is 2. The van der Waals surface area contributed by atoms with E-state index in [9.17, 15) is 14.0 Å². The predicted molar refractivity (Wildman–Crippen MR) is 104 cm³/mol. The van der Waals surface area contributed by atoms with E-state index >= 15 is 0 Å². The molecule has 1 heterocycles. The van der Waals surface area contributed by atoms with Crippen molar-refractivity contribution in [3.63, 3.8) is 0 Å². The van der Waals surface area contributed by atoms with Gasteiger partial charge in [0.2, 0.25) is 6.41 Å². The minimum atomic E-state index is -0.349. The first-order valence-corrected chi connectivity index (χ1v) is 9.55. The zero-order valence-electron chi connectivity index (χ0n) is 15.8. The molecule has 1 aromatic heterocycles. The van der Waals surface area contributed by atoms with Gasteiger partial charge in [0.25, 0.3) is 0 Å². The Labute approximate surface area is 162 Å². The van der Waals surface area contributed by atoms with Crippen LogP contribution in [-0.4, -0.2) is 49.0 Å². The highest BCUT2D eigenvalue weighted by atomic mass is 32.1. The maximum atomic E-state index is 13.0. The van der Waals surface area contributed by atoms with Crippen molar-refractivity contribution in [3.8, 4) is 0 Å². The summed E-state index contributed by atoms with van der Waals surface area (Å²) in [4.78, 5) is 31.7. The molecule has 1 aromatic carbocycles. The molecule has 0 bridgehead atoms. The lowest BCUT2D eigenvalue weighted by molar-refractivity contribution is -0.118. The van der Waals surface area contributed by atoms with Gasteiger partial charge in [-0.3, -0.25) is 4.79 Å². The van der Waals surface area contributed by atoms with Crippen LogP contribution in [0.5, 0.6) is 0 Å². The summed E-state index contributed by atoms with van der Waals surface area (Å²) >= 11 is 1.31. The number of carbonyl (C=O) groups excluding carboxylic acids is 2. The Morgan fingerprint density at radius 3 is 2.63 bits per heavy atom. The number of nitrogens with zero attached hydrogens (tertiary/aromatic N) is 3. The third kappa shape index (κ3) is 6.02. The number of thiazole rings is 1. The molecule has 0 saturated carbocycles. The fourth-order valence-corrected chi connectivity index (χ4v) is 3.48. The fourth-order valence-electron chi connectivity index (χ4n) is 2.53. The second-order valence-corrected chi connectivity index (χ2v) is 7.09. The standard InChI is InChI=1S/C19H24FN3O3S/c1-4-26-18(25)17-14(2)21-19(27-17)22(3)10-5-11-23(13-24)12-15-6-8-16(20)9-7-15/h6-9,13H,4-5,10-12H2,1-3H3. The van der Waals surface area contributed by atoms with Gasteiger partial charge in [-0.15, -0.1) is 0 Å². The quantitative estimate of drug-likeness (QED) is 0.458. The molecule has 146 valence electrons. The third-order valence-corrected chi connectivity index (χ3v) is 5.21. The Kier molecular flexibility index (Phi) is 7.72. The number of ether oxygens (including phenoxy) is 1. The zero-order chi connectivity index (χ0) is 19.8. The third-order valence-electron chi connectivity index (χ3n) is 3.96. The van der Waals surface area contributed by atoms with Crippen LogP contribution in [0.1, 0.15) is 34.3 Å². The molecule has 27 heavy (non-hydrogen) atoms. The molecule has 8 heteroatoms. The van der Waals surface area contributed by atoms with Gasteiger partial charge in [0, 0.05) is 26.7 Å². The number of anilines is 1. The van der Waals surface area contributed by atoms with E-state index in [0.717, 1.165) is 23.5 Å². The smallest absolute Gasteiger partial charge is 0.350 e. The van der Waals surface area contributed by atoms with Gasteiger partial charge in [-0.1, -0.05) is 23.5 Å². The van der Waals surface area contributed by atoms with E-state index in [0.29, 0.717) is 36.8 Å². The molecular formula is C19H24FN3O3S. The molecule has 2 aromatic rings. The average Bonchev–Trinajstić information content (AvgIpc) is 3.04. The highest BCUT2D eigenvalue weighted by Crippen LogP contribution is 2.26. The zero-order valence-corrected chi connectivity index (χ0v) is 16.6. The maximum Gasteiger partial charge on any atom is 0.350 e. The molecule has 0 unspecified atom stereocenters. The van der Waals surface area contributed by atoms with Gasteiger partial charge in [0.1, 0.15) is 10.7 Å². The van der Waals surface area contributed by atoms with Crippen molar-refractivity contribution in [1.29, 1.82) is 0 Å². The molecule has 0 spiro atoms. The normalized spacial score (nSPS) is 10.5. The number of esters is 1. The highest BCUT2D eigenvalue weighted by molar-refractivity contribution is 7.17. The van der Waals surface area contributed by atoms with Gasteiger partial charge in [0.15, 0.2) is 5.13 Å². The summed E-state index contributed by atoms with van der Waals surface area (Å²) in [6.07, 6.45) is 1.54. The van der Waals surface area contributed by atoms with E-state index < -0.39 is 0 Å². The molecule has 2 rings (SSSR count). The van der Waals surface area contributed by atoms with Crippen molar-refractivity contribution < 1.29 is 18.7 Å². The number of halogens is 1. The number of amides is 1. The lowest BCUT2D eigenvalue weighted by Crippen LogP contribution is -2.27. The fraction of sp³-hybridized carbons (Fsp3) is 0.421. The first-order valence-electron chi connectivity index (χ1n) is 8.74. The summed E-state index contributed by atoms with van der Waals surface area (Å²) in [5.41, 5.74) is 1.54. The Morgan fingerprint density at radius 1 is 1.30 bits per heavy atom. The SMILES string of the molecule is CCOC(=O)c1sc(N(C)CCCN(C=O)Cc2ccc(F)cc2)nc1C. The Hall–Kier alpha value is -2.48. The Bertz CT molecular complexity index is 764. The molecule has 0 aliphatic carbocycles. The Balaban J connectivity index is 1.86. The topological polar surface area (TPSA) is 62.7 Å². The Morgan fingerprint density at radius 2 is 2.00 bits per heavy atom. The largest absolute Gasteiger partial charge is 0.462 e. The van der Waals surface area contributed by atoms with Gasteiger partial charge in [-0.25, -0.2) is 14.2 Å². The van der Waals surface area contributed by atoms with Gasteiger partial charge in [-0.05, 0) is 38.0 Å². The summed E-state index contributed by atoms with van der Waals surface area (Å²) < 4.78 is 18.0. The number of hydrogen-bond donors (Lipinski definition) is 0. The molecule has 0 radical (unpaired) electrons. The summed E-state index contributed by atoms with van der Waals surface area (Å²) in [5.74, 6) is -0.641. The molecule has 0 atom stereocenters. The van der Waals surface area contributed by atoms with E-state index in [-0.39, 0.29) is 11.8 Å².